The predicted octanol–water partition coefficient (Wildman–Crippen LogP) is 2.40. The Bertz CT molecular complexity index is 607. The molecule has 5 nitrogen and oxygen atoms in total. The van der Waals surface area contributed by atoms with Crippen molar-refractivity contribution < 1.29 is 8.91 Å². The second-order valence-corrected chi connectivity index (χ2v) is 5.33. The second-order valence-electron chi connectivity index (χ2n) is 5.33. The first-order valence-corrected chi connectivity index (χ1v) is 7.19. The standard InChI is InChI=1S/C15H19FN4O/c1-11(15-17-12(2)18-21-15)19-7-9-20(10-8-19)14-6-4-3-5-13(14)16/h3-6,11H,7-10H2,1-2H3/t11-/m0/s1. The Morgan fingerprint density at radius 3 is 2.52 bits per heavy atom. The summed E-state index contributed by atoms with van der Waals surface area (Å²) in [4.78, 5) is 8.65. The van der Waals surface area contributed by atoms with Crippen molar-refractivity contribution in [2.75, 3.05) is 31.1 Å². The van der Waals surface area contributed by atoms with Crippen LogP contribution in [0.1, 0.15) is 24.7 Å². The van der Waals surface area contributed by atoms with Crippen LogP contribution in [-0.4, -0.2) is 41.2 Å². The maximum atomic E-state index is 13.8. The number of aryl methyl sites for hydroxylation is 1. The third kappa shape index (κ3) is 2.90. The molecule has 0 unspecified atom stereocenters. The lowest BCUT2D eigenvalue weighted by molar-refractivity contribution is 0.164. The molecule has 2 heterocycles. The first-order chi connectivity index (χ1) is 10.1. The van der Waals surface area contributed by atoms with Gasteiger partial charge in [0.1, 0.15) is 5.82 Å². The maximum Gasteiger partial charge on any atom is 0.243 e. The summed E-state index contributed by atoms with van der Waals surface area (Å²) in [6.45, 7) is 7.15. The third-order valence-electron chi connectivity index (χ3n) is 3.96. The Hall–Kier alpha value is -1.95. The van der Waals surface area contributed by atoms with Crippen molar-refractivity contribution in [2.24, 2.45) is 0 Å². The number of anilines is 1. The molecule has 21 heavy (non-hydrogen) atoms. The van der Waals surface area contributed by atoms with E-state index >= 15 is 0 Å². The number of hydrogen-bond donors (Lipinski definition) is 0. The van der Waals surface area contributed by atoms with Crippen LogP contribution in [0.3, 0.4) is 0 Å². The molecule has 1 aromatic carbocycles. The van der Waals surface area contributed by atoms with Crippen molar-refractivity contribution in [3.8, 4) is 0 Å². The fourth-order valence-electron chi connectivity index (χ4n) is 2.70. The van der Waals surface area contributed by atoms with E-state index in [2.05, 4.69) is 26.9 Å². The molecule has 3 rings (SSSR count). The van der Waals surface area contributed by atoms with Gasteiger partial charge in [-0.05, 0) is 26.0 Å². The molecule has 1 fully saturated rings. The van der Waals surface area contributed by atoms with Crippen LogP contribution in [0.15, 0.2) is 28.8 Å². The van der Waals surface area contributed by atoms with Crippen LogP contribution in [0.2, 0.25) is 0 Å². The van der Waals surface area contributed by atoms with Crippen molar-refractivity contribution in [1.82, 2.24) is 15.0 Å². The van der Waals surface area contributed by atoms with Gasteiger partial charge in [0.05, 0.1) is 11.7 Å². The van der Waals surface area contributed by atoms with Gasteiger partial charge in [-0.15, -0.1) is 0 Å². The van der Waals surface area contributed by atoms with Gasteiger partial charge in [0.15, 0.2) is 5.82 Å². The number of aromatic nitrogens is 2. The Morgan fingerprint density at radius 2 is 1.90 bits per heavy atom. The fourth-order valence-corrected chi connectivity index (χ4v) is 2.70. The minimum absolute atomic E-state index is 0.0916. The van der Waals surface area contributed by atoms with Gasteiger partial charge in [-0.1, -0.05) is 17.3 Å². The monoisotopic (exact) mass is 290 g/mol. The number of nitrogens with zero attached hydrogens (tertiary/aromatic N) is 4. The number of halogens is 1. The molecule has 1 aromatic heterocycles. The van der Waals surface area contributed by atoms with Gasteiger partial charge in [0, 0.05) is 26.2 Å². The maximum absolute atomic E-state index is 13.8. The lowest BCUT2D eigenvalue weighted by Crippen LogP contribution is -2.47. The van der Waals surface area contributed by atoms with Gasteiger partial charge < -0.3 is 9.42 Å². The van der Waals surface area contributed by atoms with Gasteiger partial charge >= 0.3 is 0 Å². The molecule has 0 aliphatic carbocycles. The van der Waals surface area contributed by atoms with Gasteiger partial charge in [-0.3, -0.25) is 4.90 Å². The molecule has 6 heteroatoms. The molecule has 0 N–H and O–H groups in total. The zero-order valence-electron chi connectivity index (χ0n) is 12.3. The summed E-state index contributed by atoms with van der Waals surface area (Å²) in [6.07, 6.45) is 0. The molecule has 1 atom stereocenters. The zero-order chi connectivity index (χ0) is 14.8. The molecule has 0 amide bonds. The third-order valence-corrected chi connectivity index (χ3v) is 3.96. The van der Waals surface area contributed by atoms with Crippen LogP contribution in [0.25, 0.3) is 0 Å². The average molecular weight is 290 g/mol. The fraction of sp³-hybridized carbons (Fsp3) is 0.467. The van der Waals surface area contributed by atoms with E-state index in [-0.39, 0.29) is 11.9 Å². The van der Waals surface area contributed by atoms with Crippen molar-refractivity contribution >= 4 is 5.69 Å². The molecule has 1 saturated heterocycles. The van der Waals surface area contributed by atoms with Gasteiger partial charge in [-0.2, -0.15) is 4.98 Å². The van der Waals surface area contributed by atoms with Gasteiger partial charge in [0.25, 0.3) is 0 Å². The van der Waals surface area contributed by atoms with Crippen LogP contribution < -0.4 is 4.90 Å². The summed E-state index contributed by atoms with van der Waals surface area (Å²) < 4.78 is 19.0. The van der Waals surface area contributed by atoms with Crippen LogP contribution in [0, 0.1) is 12.7 Å². The number of benzene rings is 1. The van der Waals surface area contributed by atoms with Crippen molar-refractivity contribution in [2.45, 2.75) is 19.9 Å². The number of piperazine rings is 1. The molecule has 112 valence electrons. The van der Waals surface area contributed by atoms with Crippen molar-refractivity contribution in [3.63, 3.8) is 0 Å². The van der Waals surface area contributed by atoms with Gasteiger partial charge in [0.2, 0.25) is 5.89 Å². The first kappa shape index (κ1) is 14.0. The SMILES string of the molecule is Cc1noc([C@H](C)N2CCN(c3ccccc3F)CC2)n1. The minimum Gasteiger partial charge on any atom is -0.367 e. The Labute approximate surface area is 123 Å². The van der Waals surface area contributed by atoms with Crippen LogP contribution >= 0.6 is 0 Å². The summed E-state index contributed by atoms with van der Waals surface area (Å²) >= 11 is 0. The number of para-hydroxylation sites is 1. The molecule has 1 aliphatic heterocycles. The van der Waals surface area contributed by atoms with E-state index in [1.54, 1.807) is 6.07 Å². The highest BCUT2D eigenvalue weighted by Gasteiger charge is 2.26. The van der Waals surface area contributed by atoms with Crippen molar-refractivity contribution in [1.29, 1.82) is 0 Å². The average Bonchev–Trinajstić information content (AvgIpc) is 2.94. The largest absolute Gasteiger partial charge is 0.367 e. The van der Waals surface area contributed by atoms with Crippen molar-refractivity contribution in [3.05, 3.63) is 41.8 Å². The minimum atomic E-state index is -0.161. The number of hydrogen-bond acceptors (Lipinski definition) is 5. The summed E-state index contributed by atoms with van der Waals surface area (Å²) in [5, 5.41) is 3.83. The molecule has 0 saturated carbocycles. The second kappa shape index (κ2) is 5.81. The van der Waals surface area contributed by atoms with E-state index < -0.39 is 0 Å². The lowest BCUT2D eigenvalue weighted by atomic mass is 10.2. The van der Waals surface area contributed by atoms with E-state index in [4.69, 9.17) is 4.52 Å². The highest BCUT2D eigenvalue weighted by molar-refractivity contribution is 5.48. The highest BCUT2D eigenvalue weighted by Crippen LogP contribution is 2.24. The van der Waals surface area contributed by atoms with Crippen LogP contribution in [0.5, 0.6) is 0 Å². The summed E-state index contributed by atoms with van der Waals surface area (Å²) in [6, 6.07) is 7.01. The molecule has 1 aliphatic rings. The first-order valence-electron chi connectivity index (χ1n) is 7.19. The van der Waals surface area contributed by atoms with E-state index in [1.807, 2.05) is 19.1 Å². The number of rotatable bonds is 3. The summed E-state index contributed by atoms with van der Waals surface area (Å²) in [5.74, 6) is 1.14. The Morgan fingerprint density at radius 1 is 1.19 bits per heavy atom. The summed E-state index contributed by atoms with van der Waals surface area (Å²) in [5.41, 5.74) is 0.679. The molecule has 0 bridgehead atoms. The van der Waals surface area contributed by atoms with E-state index in [1.165, 1.54) is 6.07 Å². The quantitative estimate of drug-likeness (QED) is 0.868. The van der Waals surface area contributed by atoms with Crippen LogP contribution in [0.4, 0.5) is 10.1 Å². The Kier molecular flexibility index (Phi) is 3.88. The smallest absolute Gasteiger partial charge is 0.243 e. The predicted molar refractivity (Wildman–Crippen MR) is 77.6 cm³/mol. The van der Waals surface area contributed by atoms with E-state index in [0.29, 0.717) is 17.4 Å². The zero-order valence-corrected chi connectivity index (χ0v) is 12.3. The van der Waals surface area contributed by atoms with E-state index in [0.717, 1.165) is 26.2 Å². The normalized spacial score (nSPS) is 18.0. The lowest BCUT2D eigenvalue weighted by Gasteiger charge is -2.38. The molecule has 2 aromatic rings. The topological polar surface area (TPSA) is 45.4 Å². The van der Waals surface area contributed by atoms with Gasteiger partial charge in [-0.25, -0.2) is 4.39 Å². The molecule has 0 spiro atoms. The molecule has 0 radical (unpaired) electrons. The Balaban J connectivity index is 1.64. The summed E-state index contributed by atoms with van der Waals surface area (Å²) in [7, 11) is 0. The molecular weight excluding hydrogens is 271 g/mol. The highest BCUT2D eigenvalue weighted by atomic mass is 19.1. The van der Waals surface area contributed by atoms with Crippen LogP contribution in [-0.2, 0) is 0 Å². The van der Waals surface area contributed by atoms with E-state index in [9.17, 15) is 4.39 Å². The molecular formula is C15H19FN4O.